The van der Waals surface area contributed by atoms with Crippen LogP contribution in [0.15, 0.2) is 6.20 Å². The smallest absolute Gasteiger partial charge is 0.267 e. The second kappa shape index (κ2) is 4.93. The maximum atomic E-state index is 12.4. The van der Waals surface area contributed by atoms with E-state index < -0.39 is 0 Å². The van der Waals surface area contributed by atoms with Crippen LogP contribution in [0.25, 0.3) is 0 Å². The third kappa shape index (κ3) is 2.14. The van der Waals surface area contributed by atoms with Gasteiger partial charge in [0.1, 0.15) is 4.88 Å². The zero-order chi connectivity index (χ0) is 12.5. The number of aromatic nitrogens is 2. The molecule has 5 nitrogen and oxygen atoms in total. The second-order valence-electron chi connectivity index (χ2n) is 5.14. The molecule has 3 heterocycles. The van der Waals surface area contributed by atoms with Crippen LogP contribution in [0.1, 0.15) is 42.3 Å². The average Bonchev–Trinajstić information content (AvgIpc) is 3.00. The van der Waals surface area contributed by atoms with Gasteiger partial charge in [0.2, 0.25) is 0 Å². The standard InChI is InChI=1S/C12H18N4OS/c1-2-16(12(17)11-7-13-15-18-11)10-5-8-3-4-9(6-10)14-8/h7-10,14H,2-6H2,1H3. The van der Waals surface area contributed by atoms with Crippen molar-refractivity contribution >= 4 is 17.4 Å². The molecule has 1 aromatic heterocycles. The van der Waals surface area contributed by atoms with Gasteiger partial charge in [0.05, 0.1) is 6.20 Å². The van der Waals surface area contributed by atoms with Crippen LogP contribution in [0.2, 0.25) is 0 Å². The van der Waals surface area contributed by atoms with E-state index in [0.717, 1.165) is 19.4 Å². The Bertz CT molecular complexity index is 410. The number of carbonyl (C=O) groups is 1. The van der Waals surface area contributed by atoms with Crippen LogP contribution >= 0.6 is 11.5 Å². The van der Waals surface area contributed by atoms with E-state index in [2.05, 4.69) is 21.8 Å². The van der Waals surface area contributed by atoms with Gasteiger partial charge in [0.25, 0.3) is 5.91 Å². The molecule has 1 N–H and O–H groups in total. The van der Waals surface area contributed by atoms with Crippen molar-refractivity contribution in [3.05, 3.63) is 11.1 Å². The van der Waals surface area contributed by atoms with Gasteiger partial charge in [-0.05, 0) is 44.1 Å². The third-order valence-electron chi connectivity index (χ3n) is 4.06. The lowest BCUT2D eigenvalue weighted by Gasteiger charge is -2.37. The zero-order valence-electron chi connectivity index (χ0n) is 10.5. The van der Waals surface area contributed by atoms with Crippen molar-refractivity contribution in [1.29, 1.82) is 0 Å². The number of fused-ring (bicyclic) bond motifs is 2. The number of hydrogen-bond donors (Lipinski definition) is 1. The summed E-state index contributed by atoms with van der Waals surface area (Å²) in [5.41, 5.74) is 0. The molecular weight excluding hydrogens is 248 g/mol. The monoisotopic (exact) mass is 266 g/mol. The second-order valence-corrected chi connectivity index (χ2v) is 5.92. The van der Waals surface area contributed by atoms with Crippen LogP contribution < -0.4 is 5.32 Å². The Hall–Kier alpha value is -1.01. The molecule has 0 aromatic carbocycles. The molecule has 2 unspecified atom stereocenters. The summed E-state index contributed by atoms with van der Waals surface area (Å²) in [7, 11) is 0. The third-order valence-corrected chi connectivity index (χ3v) is 4.72. The largest absolute Gasteiger partial charge is 0.335 e. The van der Waals surface area contributed by atoms with E-state index in [4.69, 9.17) is 0 Å². The fourth-order valence-corrected chi connectivity index (χ4v) is 3.72. The van der Waals surface area contributed by atoms with Crippen molar-refractivity contribution in [2.24, 2.45) is 0 Å². The first-order valence-electron chi connectivity index (χ1n) is 6.62. The molecule has 3 rings (SSSR count). The van der Waals surface area contributed by atoms with E-state index in [9.17, 15) is 4.79 Å². The van der Waals surface area contributed by atoms with Crippen molar-refractivity contribution in [3.63, 3.8) is 0 Å². The fourth-order valence-electron chi connectivity index (χ4n) is 3.25. The van der Waals surface area contributed by atoms with Gasteiger partial charge in [0, 0.05) is 24.7 Å². The number of nitrogens with one attached hydrogen (secondary N) is 1. The highest BCUT2D eigenvalue weighted by Gasteiger charge is 2.37. The molecule has 0 saturated carbocycles. The summed E-state index contributed by atoms with van der Waals surface area (Å²) in [5, 5.41) is 7.37. The summed E-state index contributed by atoms with van der Waals surface area (Å²) < 4.78 is 3.78. The molecule has 0 radical (unpaired) electrons. The Morgan fingerprint density at radius 2 is 2.22 bits per heavy atom. The zero-order valence-corrected chi connectivity index (χ0v) is 11.3. The van der Waals surface area contributed by atoms with Crippen molar-refractivity contribution in [3.8, 4) is 0 Å². The number of amides is 1. The number of piperidine rings is 1. The maximum absolute atomic E-state index is 12.4. The molecule has 0 spiro atoms. The number of rotatable bonds is 3. The Morgan fingerprint density at radius 3 is 2.78 bits per heavy atom. The minimum absolute atomic E-state index is 0.0961. The molecule has 1 aromatic rings. The normalized spacial score (nSPS) is 30.4. The van der Waals surface area contributed by atoms with Crippen molar-refractivity contribution < 1.29 is 4.79 Å². The van der Waals surface area contributed by atoms with Gasteiger partial charge in [-0.25, -0.2) is 0 Å². The first-order valence-corrected chi connectivity index (χ1v) is 7.39. The van der Waals surface area contributed by atoms with Crippen molar-refractivity contribution in [2.45, 2.75) is 50.7 Å². The molecule has 2 aliphatic rings. The molecule has 1 amide bonds. The Balaban J connectivity index is 1.74. The van der Waals surface area contributed by atoms with Crippen LogP contribution in [-0.2, 0) is 0 Å². The molecule has 2 fully saturated rings. The predicted molar refractivity (Wildman–Crippen MR) is 69.6 cm³/mol. The topological polar surface area (TPSA) is 58.1 Å². The number of carbonyl (C=O) groups excluding carboxylic acids is 1. The fraction of sp³-hybridized carbons (Fsp3) is 0.750. The van der Waals surface area contributed by atoms with E-state index in [1.165, 1.54) is 24.4 Å². The van der Waals surface area contributed by atoms with Gasteiger partial charge in [-0.3, -0.25) is 4.79 Å². The minimum atomic E-state index is 0.0961. The van der Waals surface area contributed by atoms with Crippen LogP contribution in [0, 0.1) is 0 Å². The Morgan fingerprint density at radius 1 is 1.50 bits per heavy atom. The Kier molecular flexibility index (Phi) is 3.30. The van der Waals surface area contributed by atoms with Gasteiger partial charge in [-0.15, -0.1) is 5.10 Å². The summed E-state index contributed by atoms with van der Waals surface area (Å²) in [6, 6.07) is 1.59. The first-order chi connectivity index (χ1) is 8.78. The quantitative estimate of drug-likeness (QED) is 0.895. The van der Waals surface area contributed by atoms with E-state index in [1.54, 1.807) is 6.20 Å². The van der Waals surface area contributed by atoms with Gasteiger partial charge in [-0.2, -0.15) is 0 Å². The lowest BCUT2D eigenvalue weighted by Crippen LogP contribution is -2.50. The molecule has 98 valence electrons. The molecule has 18 heavy (non-hydrogen) atoms. The van der Waals surface area contributed by atoms with E-state index in [0.29, 0.717) is 23.0 Å². The minimum Gasteiger partial charge on any atom is -0.335 e. The molecule has 2 saturated heterocycles. The average molecular weight is 266 g/mol. The Labute approximate surface area is 111 Å². The van der Waals surface area contributed by atoms with E-state index in [1.807, 2.05) is 4.90 Å². The molecule has 2 atom stereocenters. The number of nitrogens with zero attached hydrogens (tertiary/aromatic N) is 3. The highest BCUT2D eigenvalue weighted by Crippen LogP contribution is 2.30. The summed E-state index contributed by atoms with van der Waals surface area (Å²) in [4.78, 5) is 15.1. The highest BCUT2D eigenvalue weighted by atomic mass is 32.1. The summed E-state index contributed by atoms with van der Waals surface area (Å²) in [6.45, 7) is 2.82. The molecular formula is C12H18N4OS. The van der Waals surface area contributed by atoms with Crippen LogP contribution in [-0.4, -0.2) is 45.1 Å². The van der Waals surface area contributed by atoms with E-state index >= 15 is 0 Å². The highest BCUT2D eigenvalue weighted by molar-refractivity contribution is 7.07. The van der Waals surface area contributed by atoms with Gasteiger partial charge >= 0.3 is 0 Å². The van der Waals surface area contributed by atoms with Crippen LogP contribution in [0.4, 0.5) is 0 Å². The first kappa shape index (κ1) is 12.0. The molecule has 2 aliphatic heterocycles. The lowest BCUT2D eigenvalue weighted by atomic mass is 9.98. The van der Waals surface area contributed by atoms with Gasteiger partial charge in [0.15, 0.2) is 0 Å². The van der Waals surface area contributed by atoms with E-state index in [-0.39, 0.29) is 5.91 Å². The van der Waals surface area contributed by atoms with Gasteiger partial charge < -0.3 is 10.2 Å². The molecule has 6 heteroatoms. The van der Waals surface area contributed by atoms with Crippen molar-refractivity contribution in [1.82, 2.24) is 19.8 Å². The lowest BCUT2D eigenvalue weighted by molar-refractivity contribution is 0.0636. The maximum Gasteiger partial charge on any atom is 0.267 e. The van der Waals surface area contributed by atoms with Crippen LogP contribution in [0.5, 0.6) is 0 Å². The summed E-state index contributed by atoms with van der Waals surface area (Å²) in [5.74, 6) is 0.0961. The summed E-state index contributed by atoms with van der Waals surface area (Å²) >= 11 is 1.19. The predicted octanol–water partition coefficient (Wildman–Crippen LogP) is 1.28. The molecule has 2 bridgehead atoms. The SMILES string of the molecule is CCN(C(=O)c1cnns1)C1CC2CCC(C1)N2. The van der Waals surface area contributed by atoms with Crippen LogP contribution in [0.3, 0.4) is 0 Å². The van der Waals surface area contributed by atoms with Crippen molar-refractivity contribution in [2.75, 3.05) is 6.54 Å². The summed E-state index contributed by atoms with van der Waals surface area (Å²) in [6.07, 6.45) is 6.26. The van der Waals surface area contributed by atoms with Gasteiger partial charge in [-0.1, -0.05) is 4.49 Å². The number of hydrogen-bond acceptors (Lipinski definition) is 5. The molecule has 0 aliphatic carbocycles.